The molecule has 39 heavy (non-hydrogen) atoms. The number of nitrogens with zero attached hydrogens (tertiary/aromatic N) is 6. The van der Waals surface area contributed by atoms with Gasteiger partial charge in [0.1, 0.15) is 6.04 Å². The van der Waals surface area contributed by atoms with Gasteiger partial charge in [0, 0.05) is 42.3 Å². The van der Waals surface area contributed by atoms with Gasteiger partial charge in [0.15, 0.2) is 5.82 Å². The molecule has 1 atom stereocenters. The van der Waals surface area contributed by atoms with Crippen molar-refractivity contribution in [1.82, 2.24) is 19.7 Å². The molecule has 0 spiro atoms. The van der Waals surface area contributed by atoms with Gasteiger partial charge in [-0.15, -0.1) is 5.10 Å². The molecule has 198 valence electrons. The summed E-state index contributed by atoms with van der Waals surface area (Å²) in [6.07, 6.45) is 3.14. The standard InChI is InChI=1S/C28H28N8O3/c1-4-34(5-2)21-14-12-19(13-15-21)26-32-28-30-18(3)24(27(37)31-20-9-8-16-29-17-20)25(35(28)33-26)22-10-6-7-11-23(22)36(38)39/h6-17,25H,4-5H2,1-3H3,(H,31,37)(H,30,32,33). The third-order valence-corrected chi connectivity index (χ3v) is 6.70. The van der Waals surface area contributed by atoms with E-state index in [1.165, 1.54) is 12.3 Å². The van der Waals surface area contributed by atoms with E-state index in [1.54, 1.807) is 48.1 Å². The summed E-state index contributed by atoms with van der Waals surface area (Å²) in [5, 5.41) is 22.8. The quantitative estimate of drug-likeness (QED) is 0.243. The molecule has 11 heteroatoms. The SMILES string of the molecule is CCN(CC)c1ccc(-c2nc3n(n2)C(c2ccccc2[N+](=O)[O-])C(C(=O)Nc2cccnc2)=C(C)N3)cc1. The highest BCUT2D eigenvalue weighted by molar-refractivity contribution is 6.06. The summed E-state index contributed by atoms with van der Waals surface area (Å²) < 4.78 is 1.54. The first kappa shape index (κ1) is 25.6. The Morgan fingerprint density at radius 2 is 1.85 bits per heavy atom. The van der Waals surface area contributed by atoms with Gasteiger partial charge in [0.2, 0.25) is 5.95 Å². The molecule has 4 aromatic rings. The van der Waals surface area contributed by atoms with E-state index in [4.69, 9.17) is 10.1 Å². The van der Waals surface area contributed by atoms with Crippen LogP contribution in [0.15, 0.2) is 84.3 Å². The number of carbonyl (C=O) groups is 1. The number of allylic oxidation sites excluding steroid dienone is 1. The van der Waals surface area contributed by atoms with E-state index in [9.17, 15) is 14.9 Å². The van der Waals surface area contributed by atoms with Crippen LogP contribution < -0.4 is 15.5 Å². The number of nitro groups is 1. The van der Waals surface area contributed by atoms with Crippen LogP contribution in [0.2, 0.25) is 0 Å². The Labute approximate surface area is 225 Å². The van der Waals surface area contributed by atoms with E-state index in [1.807, 2.05) is 24.3 Å². The first-order chi connectivity index (χ1) is 18.9. The van der Waals surface area contributed by atoms with Crippen LogP contribution in [-0.4, -0.2) is 43.7 Å². The number of carbonyl (C=O) groups excluding carboxylic acids is 1. The van der Waals surface area contributed by atoms with Crippen LogP contribution in [0.1, 0.15) is 32.4 Å². The molecule has 2 aromatic heterocycles. The highest BCUT2D eigenvalue weighted by atomic mass is 16.6. The van der Waals surface area contributed by atoms with Crippen LogP contribution >= 0.6 is 0 Å². The van der Waals surface area contributed by atoms with Crippen molar-refractivity contribution in [2.75, 3.05) is 28.6 Å². The second kappa shape index (κ2) is 10.7. The maximum atomic E-state index is 13.6. The van der Waals surface area contributed by atoms with Crippen molar-refractivity contribution in [3.8, 4) is 11.4 Å². The van der Waals surface area contributed by atoms with Crippen LogP contribution in [-0.2, 0) is 4.79 Å². The first-order valence-corrected chi connectivity index (χ1v) is 12.7. The van der Waals surface area contributed by atoms with E-state index in [0.29, 0.717) is 28.7 Å². The van der Waals surface area contributed by atoms with E-state index in [2.05, 4.69) is 34.4 Å². The lowest BCUT2D eigenvalue weighted by atomic mass is 9.93. The molecular formula is C28H28N8O3. The van der Waals surface area contributed by atoms with Gasteiger partial charge >= 0.3 is 0 Å². The van der Waals surface area contributed by atoms with Gasteiger partial charge in [0.25, 0.3) is 11.6 Å². The van der Waals surface area contributed by atoms with Gasteiger partial charge in [-0.25, -0.2) is 4.68 Å². The number of rotatable bonds is 8. The summed E-state index contributed by atoms with van der Waals surface area (Å²) in [4.78, 5) is 36.2. The topological polar surface area (TPSA) is 131 Å². The monoisotopic (exact) mass is 524 g/mol. The minimum atomic E-state index is -0.893. The second-order valence-electron chi connectivity index (χ2n) is 9.00. The number of para-hydroxylation sites is 1. The minimum Gasteiger partial charge on any atom is -0.372 e. The predicted molar refractivity (Wildman–Crippen MR) is 149 cm³/mol. The molecule has 0 radical (unpaired) electrons. The maximum absolute atomic E-state index is 13.6. The fourth-order valence-electron chi connectivity index (χ4n) is 4.79. The summed E-state index contributed by atoms with van der Waals surface area (Å²) >= 11 is 0. The summed E-state index contributed by atoms with van der Waals surface area (Å²) in [5.41, 5.74) is 3.40. The molecule has 2 aromatic carbocycles. The molecule has 1 aliphatic rings. The van der Waals surface area contributed by atoms with Crippen LogP contribution in [0, 0.1) is 10.1 Å². The average molecular weight is 525 g/mol. The number of hydrogen-bond donors (Lipinski definition) is 2. The van der Waals surface area contributed by atoms with Gasteiger partial charge in [-0.05, 0) is 63.2 Å². The van der Waals surface area contributed by atoms with Gasteiger partial charge in [-0.1, -0.05) is 12.1 Å². The lowest BCUT2D eigenvalue weighted by molar-refractivity contribution is -0.385. The number of aromatic nitrogens is 4. The summed E-state index contributed by atoms with van der Waals surface area (Å²) in [7, 11) is 0. The Morgan fingerprint density at radius 3 is 2.51 bits per heavy atom. The highest BCUT2D eigenvalue weighted by Gasteiger charge is 2.37. The number of anilines is 3. The Balaban J connectivity index is 1.60. The van der Waals surface area contributed by atoms with Crippen molar-refractivity contribution < 1.29 is 9.72 Å². The van der Waals surface area contributed by atoms with E-state index < -0.39 is 16.9 Å². The summed E-state index contributed by atoms with van der Waals surface area (Å²) in [6, 6.07) is 16.8. The molecule has 11 nitrogen and oxygen atoms in total. The lowest BCUT2D eigenvalue weighted by Gasteiger charge is -2.28. The lowest BCUT2D eigenvalue weighted by Crippen LogP contribution is -2.32. The third kappa shape index (κ3) is 4.93. The smallest absolute Gasteiger partial charge is 0.275 e. The first-order valence-electron chi connectivity index (χ1n) is 12.7. The third-order valence-electron chi connectivity index (χ3n) is 6.70. The zero-order chi connectivity index (χ0) is 27.5. The van der Waals surface area contributed by atoms with E-state index in [0.717, 1.165) is 24.3 Å². The maximum Gasteiger partial charge on any atom is 0.275 e. The van der Waals surface area contributed by atoms with Crippen molar-refractivity contribution in [1.29, 1.82) is 0 Å². The fraction of sp³-hybridized carbons (Fsp3) is 0.214. The Bertz CT molecular complexity index is 1540. The van der Waals surface area contributed by atoms with Crippen LogP contribution in [0.5, 0.6) is 0 Å². The average Bonchev–Trinajstić information content (AvgIpc) is 3.37. The molecule has 1 aliphatic heterocycles. The molecule has 5 rings (SSSR count). The number of fused-ring (bicyclic) bond motifs is 1. The van der Waals surface area contributed by atoms with Crippen LogP contribution in [0.3, 0.4) is 0 Å². The molecule has 0 saturated carbocycles. The molecule has 1 unspecified atom stereocenters. The van der Waals surface area contributed by atoms with Crippen LogP contribution in [0.4, 0.5) is 23.0 Å². The van der Waals surface area contributed by atoms with Crippen molar-refractivity contribution in [3.05, 3.63) is 100 Å². The van der Waals surface area contributed by atoms with E-state index >= 15 is 0 Å². The molecule has 3 heterocycles. The number of pyridine rings is 1. The minimum absolute atomic E-state index is 0.115. The molecule has 2 N–H and O–H groups in total. The molecule has 0 saturated heterocycles. The van der Waals surface area contributed by atoms with Crippen LogP contribution in [0.25, 0.3) is 11.4 Å². The molecule has 1 amide bonds. The fourth-order valence-corrected chi connectivity index (χ4v) is 4.79. The van der Waals surface area contributed by atoms with Crippen molar-refractivity contribution >= 4 is 28.9 Å². The number of hydrogen-bond acceptors (Lipinski definition) is 8. The molecule has 0 aliphatic carbocycles. The number of nitrogens with one attached hydrogen (secondary N) is 2. The van der Waals surface area contributed by atoms with Gasteiger partial charge in [0.05, 0.1) is 27.9 Å². The molecule has 0 fully saturated rings. The predicted octanol–water partition coefficient (Wildman–Crippen LogP) is 5.02. The molecule has 0 bridgehead atoms. The zero-order valence-electron chi connectivity index (χ0n) is 21.8. The van der Waals surface area contributed by atoms with Gasteiger partial charge < -0.3 is 15.5 Å². The Morgan fingerprint density at radius 1 is 1.10 bits per heavy atom. The molecular weight excluding hydrogens is 496 g/mol. The van der Waals surface area contributed by atoms with Gasteiger partial charge in [-0.2, -0.15) is 4.98 Å². The van der Waals surface area contributed by atoms with E-state index in [-0.39, 0.29) is 11.3 Å². The van der Waals surface area contributed by atoms with Crippen molar-refractivity contribution in [2.45, 2.75) is 26.8 Å². The Hall–Kier alpha value is -5.06. The summed E-state index contributed by atoms with van der Waals surface area (Å²) in [6.45, 7) is 7.74. The second-order valence-corrected chi connectivity index (χ2v) is 9.00. The Kier molecular flexibility index (Phi) is 7.04. The van der Waals surface area contributed by atoms with Gasteiger partial charge in [-0.3, -0.25) is 19.9 Å². The summed E-state index contributed by atoms with van der Waals surface area (Å²) in [5.74, 6) is 0.396. The zero-order valence-corrected chi connectivity index (χ0v) is 21.8. The van der Waals surface area contributed by atoms with Crippen molar-refractivity contribution in [2.24, 2.45) is 0 Å². The largest absolute Gasteiger partial charge is 0.372 e. The number of benzene rings is 2. The highest BCUT2D eigenvalue weighted by Crippen LogP contribution is 2.40. The normalized spacial score (nSPS) is 14.4. The van der Waals surface area contributed by atoms with Crippen molar-refractivity contribution in [3.63, 3.8) is 0 Å². The number of amides is 1. The number of nitro benzene ring substituents is 1.